The number of carbonyl (C=O) groups excluding carboxylic acids is 8. The van der Waals surface area contributed by atoms with Gasteiger partial charge in [0.2, 0.25) is 23.5 Å². The number of carbonyl (C=O) groups is 8. The molecule has 1 heterocycles. The van der Waals surface area contributed by atoms with E-state index in [0.717, 1.165) is 30.8 Å². The van der Waals surface area contributed by atoms with Crippen LogP contribution in [0.3, 0.4) is 0 Å². The maximum atomic E-state index is 14.8. The van der Waals surface area contributed by atoms with Crippen LogP contribution in [0.5, 0.6) is 0 Å². The Kier molecular flexibility index (Phi) is 18.5. The summed E-state index contributed by atoms with van der Waals surface area (Å²) in [6.07, 6.45) is 5.79. The fourth-order valence-electron chi connectivity index (χ4n) is 7.26. The Hall–Kier alpha value is -5.02. The molecule has 1 aliphatic carbocycles. The summed E-state index contributed by atoms with van der Waals surface area (Å²) in [5.74, 6) is -11.9. The molecule has 0 saturated heterocycles. The molecule has 0 radical (unpaired) electrons. The Morgan fingerprint density at radius 3 is 2.15 bits per heavy atom. The Balaban J connectivity index is 2.16. The molecule has 21 heteroatoms. The number of halogens is 1. The normalized spacial score (nSPS) is 16.7. The lowest BCUT2D eigenvalue weighted by Gasteiger charge is -2.41. The summed E-state index contributed by atoms with van der Waals surface area (Å²) in [7, 11) is -5.31. The third-order valence-corrected chi connectivity index (χ3v) is 13.1. The molecule has 0 bridgehead atoms. The standard InChI is InChI=1S/C41H58ClN9O10S/c1-7-23(4)34(44)36(55)28(35(54)24(5)43)19-41(45,26-11-9-8-10-12-26)37(56)40(59)51(62(60,61)32-14-13-27(18-29(32)42)48-25(6)52)21-33(53)50-38(57)30(17-22(2)3)49-39(58)31-20-46-15-16-47-31/h13-16,18,20,22-24,26,28,30,34H,7-12,17,19,21,43-45H2,1-6H3,(H,48,52)(H,49,58)(H,50,53,57)/t23-,24-,28?,30-,34-,41-/m0/s1. The number of sulfonamides is 1. The number of amides is 5. The fourth-order valence-corrected chi connectivity index (χ4v) is 9.10. The van der Waals surface area contributed by atoms with Crippen molar-refractivity contribution in [1.29, 1.82) is 0 Å². The van der Waals surface area contributed by atoms with Gasteiger partial charge in [0, 0.05) is 25.0 Å². The Labute approximate surface area is 366 Å². The second-order valence-electron chi connectivity index (χ2n) is 16.3. The molecule has 1 fully saturated rings. The van der Waals surface area contributed by atoms with Crippen LogP contribution in [0.1, 0.15) is 103 Å². The van der Waals surface area contributed by atoms with E-state index in [2.05, 4.69) is 20.6 Å². The molecule has 1 aromatic carbocycles. The topological polar surface area (TPSA) is 314 Å². The van der Waals surface area contributed by atoms with Gasteiger partial charge in [-0.05, 0) is 68.6 Å². The number of hydrogen-bond donors (Lipinski definition) is 6. The minimum absolute atomic E-state index is 0.00139. The van der Waals surface area contributed by atoms with Gasteiger partial charge >= 0.3 is 5.91 Å². The van der Waals surface area contributed by atoms with Gasteiger partial charge in [0.05, 0.1) is 34.8 Å². The molecule has 0 aliphatic heterocycles. The van der Waals surface area contributed by atoms with E-state index in [9.17, 15) is 46.8 Å². The van der Waals surface area contributed by atoms with Gasteiger partial charge in [0.1, 0.15) is 23.2 Å². The predicted molar refractivity (Wildman–Crippen MR) is 228 cm³/mol. The molecule has 2 aromatic rings. The maximum absolute atomic E-state index is 14.8. The number of nitrogens with zero attached hydrogens (tertiary/aromatic N) is 3. The molecule has 9 N–H and O–H groups in total. The highest BCUT2D eigenvalue weighted by Crippen LogP contribution is 2.38. The van der Waals surface area contributed by atoms with Crippen LogP contribution in [-0.4, -0.2) is 99.8 Å². The van der Waals surface area contributed by atoms with Crippen LogP contribution in [0, 0.1) is 23.7 Å². The average Bonchev–Trinajstić information content (AvgIpc) is 3.22. The summed E-state index contributed by atoms with van der Waals surface area (Å²) in [5, 5.41) is 6.39. The van der Waals surface area contributed by atoms with Gasteiger partial charge in [-0.3, -0.25) is 48.7 Å². The van der Waals surface area contributed by atoms with Crippen LogP contribution in [-0.2, 0) is 43.6 Å². The van der Waals surface area contributed by atoms with Crippen molar-refractivity contribution in [3.05, 3.63) is 47.5 Å². The molecular weight excluding hydrogens is 846 g/mol. The number of aromatic nitrogens is 2. The van der Waals surface area contributed by atoms with Crippen molar-refractivity contribution in [3.8, 4) is 0 Å². The van der Waals surface area contributed by atoms with Crippen molar-refractivity contribution >= 4 is 74.2 Å². The quantitative estimate of drug-likeness (QED) is 0.0769. The first-order chi connectivity index (χ1) is 29.0. The third kappa shape index (κ3) is 13.0. The van der Waals surface area contributed by atoms with Crippen LogP contribution >= 0.6 is 11.6 Å². The molecule has 1 unspecified atom stereocenters. The van der Waals surface area contributed by atoms with Crippen LogP contribution in [0.15, 0.2) is 41.7 Å². The van der Waals surface area contributed by atoms with Gasteiger partial charge in [-0.25, -0.2) is 17.7 Å². The van der Waals surface area contributed by atoms with Gasteiger partial charge in [0.25, 0.3) is 15.9 Å². The molecule has 3 rings (SSSR count). The SMILES string of the molecule is CC[C@H](C)[C@H](N)C(=O)C(C[C@@](N)(C(=O)C(=O)N(CC(=O)NC(=O)[C@H](CC(C)C)NC(=O)c1cnccn1)S(=O)(=O)c1ccc(NC(C)=O)cc1Cl)C1CCCCC1)C(=O)[C@H](C)N. The smallest absolute Gasteiger partial charge is 0.306 e. The zero-order valence-electron chi connectivity index (χ0n) is 35.8. The lowest BCUT2D eigenvalue weighted by atomic mass is 9.66. The number of imide groups is 1. The van der Waals surface area contributed by atoms with E-state index >= 15 is 0 Å². The highest BCUT2D eigenvalue weighted by molar-refractivity contribution is 7.90. The largest absolute Gasteiger partial charge is 0.339 e. The van der Waals surface area contributed by atoms with Crippen molar-refractivity contribution in [2.75, 3.05) is 11.9 Å². The molecular formula is C41H58ClN9O10S. The average molecular weight is 904 g/mol. The van der Waals surface area contributed by atoms with E-state index in [0.29, 0.717) is 19.3 Å². The minimum Gasteiger partial charge on any atom is -0.339 e. The Morgan fingerprint density at radius 2 is 1.61 bits per heavy atom. The highest BCUT2D eigenvalue weighted by atomic mass is 35.5. The monoisotopic (exact) mass is 903 g/mol. The summed E-state index contributed by atoms with van der Waals surface area (Å²) in [5.41, 5.74) is 16.8. The summed E-state index contributed by atoms with van der Waals surface area (Å²) in [6.45, 7) is 8.02. The molecule has 6 atom stereocenters. The number of nitrogens with one attached hydrogen (secondary N) is 3. The van der Waals surface area contributed by atoms with E-state index < -0.39 is 121 Å². The highest BCUT2D eigenvalue weighted by Gasteiger charge is 2.52. The zero-order valence-corrected chi connectivity index (χ0v) is 37.4. The van der Waals surface area contributed by atoms with Crippen LogP contribution < -0.4 is 33.2 Å². The predicted octanol–water partition coefficient (Wildman–Crippen LogP) is 1.81. The number of rotatable bonds is 21. The number of hydrogen-bond acceptors (Lipinski definition) is 15. The first kappa shape index (κ1) is 51.3. The van der Waals surface area contributed by atoms with Crippen LogP contribution in [0.25, 0.3) is 0 Å². The van der Waals surface area contributed by atoms with E-state index in [1.54, 1.807) is 27.7 Å². The van der Waals surface area contributed by atoms with Crippen molar-refractivity contribution < 1.29 is 46.8 Å². The number of benzene rings is 1. The van der Waals surface area contributed by atoms with Crippen LogP contribution in [0.2, 0.25) is 5.02 Å². The summed E-state index contributed by atoms with van der Waals surface area (Å²) < 4.78 is 29.0. The molecule has 1 saturated carbocycles. The summed E-state index contributed by atoms with van der Waals surface area (Å²) >= 11 is 6.40. The molecule has 1 aromatic heterocycles. The molecule has 1 aliphatic rings. The van der Waals surface area contributed by atoms with Gasteiger partial charge in [-0.1, -0.05) is 65.0 Å². The molecule has 0 spiro atoms. The Bertz CT molecular complexity index is 2120. The van der Waals surface area contributed by atoms with Gasteiger partial charge in [-0.2, -0.15) is 0 Å². The zero-order chi connectivity index (χ0) is 46.7. The second-order valence-corrected chi connectivity index (χ2v) is 18.5. The summed E-state index contributed by atoms with van der Waals surface area (Å²) in [4.78, 5) is 116. The first-order valence-electron chi connectivity index (χ1n) is 20.4. The lowest BCUT2D eigenvalue weighted by molar-refractivity contribution is -0.148. The number of nitrogens with two attached hydrogens (primary N) is 3. The first-order valence-corrected chi connectivity index (χ1v) is 22.2. The summed E-state index contributed by atoms with van der Waals surface area (Å²) in [6, 6.07) is -0.629. The van der Waals surface area contributed by atoms with Crippen molar-refractivity contribution in [1.82, 2.24) is 24.9 Å². The Morgan fingerprint density at radius 1 is 0.968 bits per heavy atom. The molecule has 5 amide bonds. The van der Waals surface area contributed by atoms with Gasteiger partial charge in [0.15, 0.2) is 11.6 Å². The fraction of sp³-hybridized carbons (Fsp3) is 0.561. The minimum atomic E-state index is -5.31. The third-order valence-electron chi connectivity index (χ3n) is 10.9. The van der Waals surface area contributed by atoms with Crippen molar-refractivity contribution in [2.45, 2.75) is 121 Å². The van der Waals surface area contributed by atoms with Gasteiger partial charge in [-0.15, -0.1) is 0 Å². The molecule has 62 heavy (non-hydrogen) atoms. The van der Waals surface area contributed by atoms with E-state index in [1.165, 1.54) is 26.2 Å². The number of ketones is 3. The maximum Gasteiger partial charge on any atom is 0.306 e. The van der Waals surface area contributed by atoms with E-state index in [4.69, 9.17) is 28.8 Å². The van der Waals surface area contributed by atoms with Crippen LogP contribution in [0.4, 0.5) is 5.69 Å². The van der Waals surface area contributed by atoms with Gasteiger partial charge < -0.3 is 27.8 Å². The molecule has 19 nitrogen and oxygen atoms in total. The lowest BCUT2D eigenvalue weighted by Crippen LogP contribution is -2.63. The second kappa shape index (κ2) is 22.4. The van der Waals surface area contributed by atoms with E-state index in [-0.39, 0.29) is 40.9 Å². The number of anilines is 1. The van der Waals surface area contributed by atoms with E-state index in [1.807, 2.05) is 5.32 Å². The van der Waals surface area contributed by atoms with Crippen molar-refractivity contribution in [3.63, 3.8) is 0 Å². The van der Waals surface area contributed by atoms with Crippen molar-refractivity contribution in [2.24, 2.45) is 40.9 Å². The molecule has 340 valence electrons. The number of Topliss-reactive ketones (excluding diaryl/α,β-unsaturated/α-hetero) is 3.